The molecule has 2 aliphatic rings. The highest BCUT2D eigenvalue weighted by Crippen LogP contribution is 2.55. The summed E-state index contributed by atoms with van der Waals surface area (Å²) in [6.07, 6.45) is 9.01. The van der Waals surface area contributed by atoms with E-state index in [1.807, 2.05) is 0 Å². The lowest BCUT2D eigenvalue weighted by Gasteiger charge is -2.26. The third-order valence-electron chi connectivity index (χ3n) is 5.18. The van der Waals surface area contributed by atoms with Crippen molar-refractivity contribution in [2.24, 2.45) is 11.3 Å². The van der Waals surface area contributed by atoms with Gasteiger partial charge in [-0.3, -0.25) is 4.79 Å². The number of aromatic nitrogens is 1. The maximum atomic E-state index is 12.1. The first-order valence-electron chi connectivity index (χ1n) is 7.91. The summed E-state index contributed by atoms with van der Waals surface area (Å²) in [5, 5.41) is 2.92. The van der Waals surface area contributed by atoms with Gasteiger partial charge in [-0.05, 0) is 49.9 Å². The van der Waals surface area contributed by atoms with Crippen molar-refractivity contribution in [3.63, 3.8) is 0 Å². The van der Waals surface area contributed by atoms with Crippen LogP contribution in [0.25, 0.3) is 0 Å². The average molecular weight is 342 g/mol. The van der Waals surface area contributed by atoms with E-state index in [2.05, 4.69) is 10.3 Å². The Morgan fingerprint density at radius 1 is 1.45 bits per heavy atom. The van der Waals surface area contributed by atoms with Gasteiger partial charge < -0.3 is 5.32 Å². The van der Waals surface area contributed by atoms with Crippen molar-refractivity contribution in [3.05, 3.63) is 11.1 Å². The molecular weight excluding hydrogens is 320 g/mol. The second-order valence-corrected chi connectivity index (χ2v) is 10.0. The molecule has 2 bridgehead atoms. The first-order chi connectivity index (χ1) is 10.4. The van der Waals surface area contributed by atoms with E-state index in [0.29, 0.717) is 16.8 Å². The van der Waals surface area contributed by atoms with Crippen LogP contribution in [0.5, 0.6) is 0 Å². The summed E-state index contributed by atoms with van der Waals surface area (Å²) in [7, 11) is -3.33. The predicted molar refractivity (Wildman–Crippen MR) is 85.8 cm³/mol. The first-order valence-corrected chi connectivity index (χ1v) is 10.4. The van der Waals surface area contributed by atoms with Crippen LogP contribution >= 0.6 is 11.3 Å². The Bertz CT molecular complexity index is 658. The van der Waals surface area contributed by atoms with Crippen molar-refractivity contribution >= 4 is 27.1 Å². The van der Waals surface area contributed by atoms with E-state index in [1.54, 1.807) is 6.92 Å². The molecule has 2 saturated carbocycles. The van der Waals surface area contributed by atoms with E-state index in [4.69, 9.17) is 0 Å². The molecule has 0 aromatic carbocycles. The molecule has 2 fully saturated rings. The summed E-state index contributed by atoms with van der Waals surface area (Å²) in [5.74, 6) is 0.712. The van der Waals surface area contributed by atoms with Gasteiger partial charge >= 0.3 is 0 Å². The van der Waals surface area contributed by atoms with Crippen molar-refractivity contribution in [2.75, 3.05) is 12.3 Å². The lowest BCUT2D eigenvalue weighted by molar-refractivity contribution is 0.0950. The van der Waals surface area contributed by atoms with Gasteiger partial charge in [0.05, 0.1) is 11.9 Å². The molecule has 1 heterocycles. The quantitative estimate of drug-likeness (QED) is 0.862. The fourth-order valence-corrected chi connectivity index (χ4v) is 5.98. The van der Waals surface area contributed by atoms with Crippen LogP contribution < -0.4 is 5.32 Å². The Hall–Kier alpha value is -0.950. The van der Waals surface area contributed by atoms with Gasteiger partial charge in [-0.2, -0.15) is 0 Å². The molecule has 0 aliphatic heterocycles. The van der Waals surface area contributed by atoms with Crippen LogP contribution in [0.4, 0.5) is 0 Å². The van der Waals surface area contributed by atoms with E-state index in [-0.39, 0.29) is 16.0 Å². The predicted octanol–water partition coefficient (Wildman–Crippen LogP) is 2.64. The molecule has 1 aromatic heterocycles. The largest absolute Gasteiger partial charge is 0.351 e. The fraction of sp³-hybridized carbons (Fsp3) is 0.733. The van der Waals surface area contributed by atoms with Crippen LogP contribution in [0.1, 0.15) is 55.1 Å². The molecule has 1 aromatic rings. The van der Waals surface area contributed by atoms with Crippen LogP contribution in [0.3, 0.4) is 0 Å². The highest BCUT2D eigenvalue weighted by Gasteiger charge is 2.44. The monoisotopic (exact) mass is 342 g/mol. The van der Waals surface area contributed by atoms with Crippen molar-refractivity contribution in [1.82, 2.24) is 10.3 Å². The Kier molecular flexibility index (Phi) is 4.29. The van der Waals surface area contributed by atoms with Crippen molar-refractivity contribution < 1.29 is 13.2 Å². The third-order valence-corrected chi connectivity index (χ3v) is 8.38. The maximum absolute atomic E-state index is 12.1. The number of carbonyl (C=O) groups excluding carboxylic acids is 1. The minimum Gasteiger partial charge on any atom is -0.351 e. The Morgan fingerprint density at radius 2 is 2.18 bits per heavy atom. The minimum atomic E-state index is -3.33. The number of carbonyl (C=O) groups is 1. The number of hydrogen-bond donors (Lipinski definition) is 1. The first kappa shape index (κ1) is 15.9. The number of hydrogen-bond acceptors (Lipinski definition) is 5. The summed E-state index contributed by atoms with van der Waals surface area (Å²) in [4.78, 5) is 16.4. The zero-order valence-electron chi connectivity index (χ0n) is 12.8. The molecule has 122 valence electrons. The smallest absolute Gasteiger partial charge is 0.263 e. The average Bonchev–Trinajstić information content (AvgIpc) is 3.22. The second-order valence-electron chi connectivity index (χ2n) is 6.55. The Labute approximate surface area is 135 Å². The SMILES string of the molecule is CCS(=O)(=O)c1ncc(C(=O)NCCC23CCC(CC2)C3)s1. The third kappa shape index (κ3) is 3.06. The molecule has 1 N–H and O–H groups in total. The van der Waals surface area contributed by atoms with Gasteiger partial charge in [-0.25, -0.2) is 13.4 Å². The summed E-state index contributed by atoms with van der Waals surface area (Å²) in [6.45, 7) is 2.24. The van der Waals surface area contributed by atoms with Crippen molar-refractivity contribution in [1.29, 1.82) is 0 Å². The molecule has 5 nitrogen and oxygen atoms in total. The molecule has 3 rings (SSSR count). The zero-order chi connectivity index (χ0) is 15.8. The molecule has 2 aliphatic carbocycles. The van der Waals surface area contributed by atoms with Crippen LogP contribution in [0, 0.1) is 11.3 Å². The molecule has 22 heavy (non-hydrogen) atoms. The molecule has 0 saturated heterocycles. The van der Waals surface area contributed by atoms with Crippen LogP contribution in [0.15, 0.2) is 10.5 Å². The molecule has 0 radical (unpaired) electrons. The number of sulfone groups is 1. The molecule has 0 spiro atoms. The normalized spacial score (nSPS) is 27.2. The summed E-state index contributed by atoms with van der Waals surface area (Å²) >= 11 is 0.957. The van der Waals surface area contributed by atoms with Crippen LogP contribution in [-0.4, -0.2) is 31.6 Å². The minimum absolute atomic E-state index is 0.00522. The van der Waals surface area contributed by atoms with Gasteiger partial charge in [0.1, 0.15) is 4.88 Å². The molecule has 0 atom stereocenters. The van der Waals surface area contributed by atoms with E-state index in [1.165, 1.54) is 38.3 Å². The van der Waals surface area contributed by atoms with E-state index < -0.39 is 9.84 Å². The van der Waals surface area contributed by atoms with E-state index in [9.17, 15) is 13.2 Å². The second kappa shape index (κ2) is 5.92. The van der Waals surface area contributed by atoms with Gasteiger partial charge in [0.2, 0.25) is 14.2 Å². The molecule has 1 amide bonds. The van der Waals surface area contributed by atoms with E-state index >= 15 is 0 Å². The summed E-state index contributed by atoms with van der Waals surface area (Å²) < 4.78 is 23.5. The maximum Gasteiger partial charge on any atom is 0.263 e. The van der Waals surface area contributed by atoms with Gasteiger partial charge in [0, 0.05) is 6.54 Å². The fourth-order valence-electron chi connectivity index (χ4n) is 3.82. The Morgan fingerprint density at radius 3 is 2.77 bits per heavy atom. The van der Waals surface area contributed by atoms with Gasteiger partial charge in [0.15, 0.2) is 0 Å². The van der Waals surface area contributed by atoms with Gasteiger partial charge in [0.25, 0.3) is 5.91 Å². The summed E-state index contributed by atoms with van der Waals surface area (Å²) in [5.41, 5.74) is 0.461. The van der Waals surface area contributed by atoms with Crippen LogP contribution in [-0.2, 0) is 9.84 Å². The highest BCUT2D eigenvalue weighted by molar-refractivity contribution is 7.93. The number of nitrogens with one attached hydrogen (secondary N) is 1. The Balaban J connectivity index is 1.54. The standard InChI is InChI=1S/C15H22N2O3S2/c1-2-22(19,20)14-17-10-12(21-14)13(18)16-8-7-15-5-3-11(9-15)4-6-15/h10-11H,2-9H2,1H3,(H,16,18). The zero-order valence-corrected chi connectivity index (χ0v) is 14.4. The van der Waals surface area contributed by atoms with Crippen molar-refractivity contribution in [2.45, 2.75) is 49.8 Å². The van der Waals surface area contributed by atoms with Crippen LogP contribution in [0.2, 0.25) is 0 Å². The van der Waals surface area contributed by atoms with E-state index in [0.717, 1.165) is 23.7 Å². The van der Waals surface area contributed by atoms with Gasteiger partial charge in [-0.15, -0.1) is 0 Å². The number of rotatable bonds is 6. The topological polar surface area (TPSA) is 76.1 Å². The summed E-state index contributed by atoms with van der Waals surface area (Å²) in [6, 6.07) is 0. The molecule has 0 unspecified atom stereocenters. The van der Waals surface area contributed by atoms with Gasteiger partial charge in [-0.1, -0.05) is 18.3 Å². The molecule has 7 heteroatoms. The number of nitrogens with zero attached hydrogens (tertiary/aromatic N) is 1. The lowest BCUT2D eigenvalue weighted by atomic mass is 9.81. The highest BCUT2D eigenvalue weighted by atomic mass is 32.2. The molecular formula is C15H22N2O3S2. The number of thiazole rings is 1. The van der Waals surface area contributed by atoms with Crippen molar-refractivity contribution in [3.8, 4) is 0 Å². The number of fused-ring (bicyclic) bond motifs is 2. The number of amides is 1. The lowest BCUT2D eigenvalue weighted by Crippen LogP contribution is -2.28.